The summed E-state index contributed by atoms with van der Waals surface area (Å²) in [6.45, 7) is 11.7. The van der Waals surface area contributed by atoms with E-state index in [4.69, 9.17) is 0 Å². The van der Waals surface area contributed by atoms with Gasteiger partial charge in [-0.05, 0) is 52.9 Å². The lowest BCUT2D eigenvalue weighted by molar-refractivity contribution is 0.160. The minimum absolute atomic E-state index is 0.651. The van der Waals surface area contributed by atoms with Gasteiger partial charge in [-0.25, -0.2) is 0 Å². The molecule has 1 saturated carbocycles. The molecule has 0 radical (unpaired) electrons. The second-order valence-electron chi connectivity index (χ2n) is 5.99. The van der Waals surface area contributed by atoms with E-state index in [1.807, 2.05) is 0 Å². The minimum atomic E-state index is 0.651. The number of hydrogen-bond donors (Lipinski definition) is 1. The number of rotatable bonds is 9. The monoisotopic (exact) mass is 241 g/mol. The van der Waals surface area contributed by atoms with Gasteiger partial charge in [0, 0.05) is 25.2 Å². The van der Waals surface area contributed by atoms with E-state index in [1.165, 1.54) is 25.9 Å². The average molecular weight is 241 g/mol. The molecular formula is C14H31N3. The second kappa shape index (κ2) is 7.34. The maximum absolute atomic E-state index is 3.63. The van der Waals surface area contributed by atoms with Crippen LogP contribution in [0, 0.1) is 5.92 Å². The zero-order chi connectivity index (χ0) is 12.8. The third kappa shape index (κ3) is 6.39. The molecule has 3 heteroatoms. The molecule has 0 aromatic carbocycles. The molecule has 1 N–H and O–H groups in total. The van der Waals surface area contributed by atoms with Crippen molar-refractivity contribution in [1.82, 2.24) is 15.1 Å². The van der Waals surface area contributed by atoms with E-state index in [9.17, 15) is 0 Å². The number of nitrogens with one attached hydrogen (secondary N) is 1. The van der Waals surface area contributed by atoms with Gasteiger partial charge in [-0.3, -0.25) is 4.90 Å². The van der Waals surface area contributed by atoms with Crippen LogP contribution in [0.25, 0.3) is 0 Å². The molecule has 17 heavy (non-hydrogen) atoms. The van der Waals surface area contributed by atoms with Gasteiger partial charge in [-0.2, -0.15) is 0 Å². The van der Waals surface area contributed by atoms with Crippen molar-refractivity contribution in [1.29, 1.82) is 0 Å². The Morgan fingerprint density at radius 3 is 2.29 bits per heavy atom. The molecule has 1 fully saturated rings. The highest BCUT2D eigenvalue weighted by molar-refractivity contribution is 4.82. The second-order valence-corrected chi connectivity index (χ2v) is 5.99. The molecule has 0 spiro atoms. The highest BCUT2D eigenvalue weighted by Crippen LogP contribution is 2.19. The average Bonchev–Trinajstić information content (AvgIpc) is 3.05. The molecule has 0 aromatic heterocycles. The predicted molar refractivity (Wildman–Crippen MR) is 75.5 cm³/mol. The van der Waals surface area contributed by atoms with Crippen molar-refractivity contribution in [2.24, 2.45) is 5.92 Å². The van der Waals surface area contributed by atoms with Gasteiger partial charge in [0.1, 0.15) is 0 Å². The fraction of sp³-hybridized carbons (Fsp3) is 1.00. The summed E-state index contributed by atoms with van der Waals surface area (Å²) in [5.74, 6) is 0.750. The van der Waals surface area contributed by atoms with Crippen LogP contribution in [0.3, 0.4) is 0 Å². The summed E-state index contributed by atoms with van der Waals surface area (Å²) < 4.78 is 0. The molecule has 1 rings (SSSR count). The van der Waals surface area contributed by atoms with Gasteiger partial charge in [-0.15, -0.1) is 0 Å². The summed E-state index contributed by atoms with van der Waals surface area (Å²) in [5, 5.41) is 3.63. The molecule has 0 heterocycles. The summed E-state index contributed by atoms with van der Waals surface area (Å²) in [7, 11) is 4.31. The molecule has 2 unspecified atom stereocenters. The summed E-state index contributed by atoms with van der Waals surface area (Å²) in [6.07, 6.45) is 2.78. The molecule has 0 saturated heterocycles. The van der Waals surface area contributed by atoms with Crippen LogP contribution >= 0.6 is 0 Å². The van der Waals surface area contributed by atoms with Crippen molar-refractivity contribution in [2.45, 2.75) is 45.7 Å². The maximum atomic E-state index is 3.63. The molecule has 2 atom stereocenters. The lowest BCUT2D eigenvalue weighted by Gasteiger charge is -2.32. The maximum Gasteiger partial charge on any atom is 0.0194 e. The van der Waals surface area contributed by atoms with Gasteiger partial charge < -0.3 is 10.2 Å². The standard InChI is InChI=1S/C14H31N3/c1-6-17(13(3)11-16(4)5)10-12(2)9-15-14-7-8-14/h12-15H,6-11H2,1-5H3. The summed E-state index contributed by atoms with van der Waals surface area (Å²) in [4.78, 5) is 4.87. The van der Waals surface area contributed by atoms with E-state index in [-0.39, 0.29) is 0 Å². The minimum Gasteiger partial charge on any atom is -0.314 e. The van der Waals surface area contributed by atoms with Crippen LogP contribution in [-0.2, 0) is 0 Å². The first kappa shape index (κ1) is 14.9. The fourth-order valence-electron chi connectivity index (χ4n) is 2.38. The van der Waals surface area contributed by atoms with Crippen molar-refractivity contribution < 1.29 is 0 Å². The summed E-state index contributed by atoms with van der Waals surface area (Å²) >= 11 is 0. The Morgan fingerprint density at radius 2 is 1.82 bits per heavy atom. The first-order valence-electron chi connectivity index (χ1n) is 7.15. The third-order valence-electron chi connectivity index (χ3n) is 3.54. The van der Waals surface area contributed by atoms with Gasteiger partial charge in [-0.1, -0.05) is 13.8 Å². The molecule has 0 aliphatic heterocycles. The molecule has 0 bridgehead atoms. The number of nitrogens with zero attached hydrogens (tertiary/aromatic N) is 2. The largest absolute Gasteiger partial charge is 0.314 e. The predicted octanol–water partition coefficient (Wildman–Crippen LogP) is 1.65. The van der Waals surface area contributed by atoms with Gasteiger partial charge in [0.15, 0.2) is 0 Å². The van der Waals surface area contributed by atoms with Crippen molar-refractivity contribution in [3.05, 3.63) is 0 Å². The van der Waals surface area contributed by atoms with Crippen molar-refractivity contribution in [3.63, 3.8) is 0 Å². The lowest BCUT2D eigenvalue weighted by Crippen LogP contribution is -2.43. The van der Waals surface area contributed by atoms with Gasteiger partial charge in [0.25, 0.3) is 0 Å². The van der Waals surface area contributed by atoms with E-state index < -0.39 is 0 Å². The zero-order valence-electron chi connectivity index (χ0n) is 12.4. The molecule has 102 valence electrons. The SMILES string of the molecule is CCN(CC(C)CNC1CC1)C(C)CN(C)C. The smallest absolute Gasteiger partial charge is 0.0194 e. The van der Waals surface area contributed by atoms with Crippen LogP contribution in [0.2, 0.25) is 0 Å². The van der Waals surface area contributed by atoms with Crippen LogP contribution < -0.4 is 5.32 Å². The molecule has 3 nitrogen and oxygen atoms in total. The van der Waals surface area contributed by atoms with E-state index >= 15 is 0 Å². The highest BCUT2D eigenvalue weighted by Gasteiger charge is 2.22. The van der Waals surface area contributed by atoms with E-state index in [1.54, 1.807) is 0 Å². The first-order chi connectivity index (χ1) is 8.02. The molecule has 1 aliphatic rings. The van der Waals surface area contributed by atoms with Crippen molar-refractivity contribution in [2.75, 3.05) is 40.3 Å². The Balaban J connectivity index is 2.22. The van der Waals surface area contributed by atoms with E-state index in [0.29, 0.717) is 6.04 Å². The summed E-state index contributed by atoms with van der Waals surface area (Å²) in [6, 6.07) is 1.49. The number of likely N-dealkylation sites (N-methyl/N-ethyl adjacent to an activating group) is 2. The van der Waals surface area contributed by atoms with Gasteiger partial charge >= 0.3 is 0 Å². The Kier molecular flexibility index (Phi) is 6.45. The quantitative estimate of drug-likeness (QED) is 0.662. The Labute approximate surface area is 108 Å². The van der Waals surface area contributed by atoms with Crippen molar-refractivity contribution in [3.8, 4) is 0 Å². The molecular weight excluding hydrogens is 210 g/mol. The first-order valence-corrected chi connectivity index (χ1v) is 7.15. The Morgan fingerprint density at radius 1 is 1.18 bits per heavy atom. The van der Waals surface area contributed by atoms with Crippen molar-refractivity contribution >= 4 is 0 Å². The van der Waals surface area contributed by atoms with Gasteiger partial charge in [0.2, 0.25) is 0 Å². The lowest BCUT2D eigenvalue weighted by atomic mass is 10.1. The molecule has 0 amide bonds. The van der Waals surface area contributed by atoms with Crippen LogP contribution in [0.4, 0.5) is 0 Å². The fourth-order valence-corrected chi connectivity index (χ4v) is 2.38. The highest BCUT2D eigenvalue weighted by atomic mass is 15.2. The normalized spacial score (nSPS) is 19.9. The zero-order valence-corrected chi connectivity index (χ0v) is 12.4. The van der Waals surface area contributed by atoms with E-state index in [0.717, 1.165) is 25.0 Å². The Hall–Kier alpha value is -0.120. The van der Waals surface area contributed by atoms with Crippen LogP contribution in [0.5, 0.6) is 0 Å². The van der Waals surface area contributed by atoms with E-state index in [2.05, 4.69) is 50.0 Å². The van der Waals surface area contributed by atoms with Gasteiger partial charge in [0.05, 0.1) is 0 Å². The van der Waals surface area contributed by atoms with Crippen LogP contribution in [0.15, 0.2) is 0 Å². The third-order valence-corrected chi connectivity index (χ3v) is 3.54. The summed E-state index contributed by atoms with van der Waals surface area (Å²) in [5.41, 5.74) is 0. The molecule has 1 aliphatic carbocycles. The Bertz CT molecular complexity index is 202. The van der Waals surface area contributed by atoms with Crippen LogP contribution in [-0.4, -0.2) is 62.2 Å². The number of hydrogen-bond acceptors (Lipinski definition) is 3. The van der Waals surface area contributed by atoms with Crippen LogP contribution in [0.1, 0.15) is 33.6 Å². The molecule has 0 aromatic rings. The topological polar surface area (TPSA) is 18.5 Å².